The highest BCUT2D eigenvalue weighted by Gasteiger charge is 2.04. The maximum absolute atomic E-state index is 5.84. The fourth-order valence-corrected chi connectivity index (χ4v) is 2.15. The Labute approximate surface area is 138 Å². The Balaban J connectivity index is 1.77. The van der Waals surface area contributed by atoms with E-state index >= 15 is 0 Å². The minimum atomic E-state index is 0.0253. The topological polar surface area (TPSA) is 50.6 Å². The SMILES string of the molecule is CCNC(=NCC(C)Oc1ccccc1)NCCn1cccc1. The highest BCUT2D eigenvalue weighted by Crippen LogP contribution is 2.10. The molecule has 1 aromatic heterocycles. The first kappa shape index (κ1) is 16.9. The predicted octanol–water partition coefficient (Wildman–Crippen LogP) is 2.51. The molecule has 124 valence electrons. The highest BCUT2D eigenvalue weighted by atomic mass is 16.5. The van der Waals surface area contributed by atoms with Crippen molar-refractivity contribution in [3.05, 3.63) is 54.9 Å². The van der Waals surface area contributed by atoms with Crippen LogP contribution in [0.1, 0.15) is 13.8 Å². The molecule has 23 heavy (non-hydrogen) atoms. The molecule has 1 aromatic carbocycles. The van der Waals surface area contributed by atoms with E-state index in [0.29, 0.717) is 6.54 Å². The summed E-state index contributed by atoms with van der Waals surface area (Å²) in [6.45, 7) is 7.27. The van der Waals surface area contributed by atoms with Crippen molar-refractivity contribution in [2.24, 2.45) is 4.99 Å². The first-order valence-electron chi connectivity index (χ1n) is 8.12. The number of guanidine groups is 1. The van der Waals surface area contributed by atoms with E-state index in [-0.39, 0.29) is 6.10 Å². The van der Waals surface area contributed by atoms with Crippen LogP contribution in [0.3, 0.4) is 0 Å². The van der Waals surface area contributed by atoms with Gasteiger partial charge in [0.25, 0.3) is 0 Å². The lowest BCUT2D eigenvalue weighted by Crippen LogP contribution is -2.39. The second-order valence-electron chi connectivity index (χ2n) is 5.31. The van der Waals surface area contributed by atoms with Crippen LogP contribution in [0.5, 0.6) is 5.75 Å². The van der Waals surface area contributed by atoms with Gasteiger partial charge in [-0.3, -0.25) is 0 Å². The van der Waals surface area contributed by atoms with Crippen molar-refractivity contribution in [1.29, 1.82) is 0 Å². The summed E-state index contributed by atoms with van der Waals surface area (Å²) in [5.41, 5.74) is 0. The third-order valence-electron chi connectivity index (χ3n) is 3.26. The van der Waals surface area contributed by atoms with Crippen molar-refractivity contribution < 1.29 is 4.74 Å². The molecular formula is C18H26N4O. The third kappa shape index (κ3) is 6.46. The first-order chi connectivity index (χ1) is 11.3. The number of para-hydroxylation sites is 1. The molecule has 1 atom stereocenters. The Kier molecular flexibility index (Phi) is 7.04. The number of hydrogen-bond donors (Lipinski definition) is 2. The lowest BCUT2D eigenvalue weighted by Gasteiger charge is -2.15. The minimum Gasteiger partial charge on any atom is -0.489 e. The number of ether oxygens (including phenoxy) is 1. The summed E-state index contributed by atoms with van der Waals surface area (Å²) in [6.07, 6.45) is 4.14. The molecule has 0 aliphatic rings. The average molecular weight is 314 g/mol. The summed E-state index contributed by atoms with van der Waals surface area (Å²) in [4.78, 5) is 4.59. The largest absolute Gasteiger partial charge is 0.489 e. The molecule has 0 radical (unpaired) electrons. The summed E-state index contributed by atoms with van der Waals surface area (Å²) in [7, 11) is 0. The van der Waals surface area contributed by atoms with Crippen LogP contribution in [0, 0.1) is 0 Å². The molecule has 0 saturated heterocycles. The molecule has 0 bridgehead atoms. The van der Waals surface area contributed by atoms with Crippen LogP contribution in [0.4, 0.5) is 0 Å². The monoisotopic (exact) mass is 314 g/mol. The zero-order valence-corrected chi connectivity index (χ0v) is 13.9. The average Bonchev–Trinajstić information content (AvgIpc) is 3.07. The molecule has 0 amide bonds. The summed E-state index contributed by atoms with van der Waals surface area (Å²) >= 11 is 0. The molecule has 2 N–H and O–H groups in total. The Morgan fingerprint density at radius 3 is 2.57 bits per heavy atom. The smallest absolute Gasteiger partial charge is 0.191 e. The van der Waals surface area contributed by atoms with E-state index in [1.807, 2.05) is 49.4 Å². The van der Waals surface area contributed by atoms with Gasteiger partial charge in [0.15, 0.2) is 5.96 Å². The van der Waals surface area contributed by atoms with Crippen LogP contribution in [-0.4, -0.2) is 36.3 Å². The number of benzene rings is 1. The molecule has 0 spiro atoms. The van der Waals surface area contributed by atoms with Gasteiger partial charge in [0.1, 0.15) is 11.9 Å². The van der Waals surface area contributed by atoms with Crippen molar-refractivity contribution in [3.8, 4) is 5.75 Å². The van der Waals surface area contributed by atoms with Crippen LogP contribution in [-0.2, 0) is 6.54 Å². The van der Waals surface area contributed by atoms with Crippen molar-refractivity contribution in [3.63, 3.8) is 0 Å². The number of aliphatic imine (C=N–C) groups is 1. The number of rotatable bonds is 8. The maximum Gasteiger partial charge on any atom is 0.191 e. The molecule has 0 fully saturated rings. The van der Waals surface area contributed by atoms with Crippen molar-refractivity contribution in [1.82, 2.24) is 15.2 Å². The summed E-state index contributed by atoms with van der Waals surface area (Å²) in [5.74, 6) is 1.70. The van der Waals surface area contributed by atoms with Crippen LogP contribution in [0.15, 0.2) is 59.9 Å². The molecule has 1 unspecified atom stereocenters. The Bertz CT molecular complexity index is 566. The Morgan fingerprint density at radius 2 is 1.87 bits per heavy atom. The van der Waals surface area contributed by atoms with Gasteiger partial charge < -0.3 is 19.9 Å². The van der Waals surface area contributed by atoms with Crippen molar-refractivity contribution in [2.75, 3.05) is 19.6 Å². The van der Waals surface area contributed by atoms with Gasteiger partial charge in [0.05, 0.1) is 6.54 Å². The molecule has 0 aliphatic heterocycles. The lowest BCUT2D eigenvalue weighted by atomic mass is 10.3. The standard InChI is InChI=1S/C18H26N4O/c1-3-19-18(20-11-14-22-12-7-8-13-22)21-15-16(2)23-17-9-5-4-6-10-17/h4-10,12-13,16H,3,11,14-15H2,1-2H3,(H2,19,20,21). The molecule has 2 rings (SSSR count). The lowest BCUT2D eigenvalue weighted by molar-refractivity contribution is 0.230. The van der Waals surface area contributed by atoms with E-state index in [1.54, 1.807) is 0 Å². The summed E-state index contributed by atoms with van der Waals surface area (Å²) in [6, 6.07) is 13.9. The second-order valence-corrected chi connectivity index (χ2v) is 5.31. The molecular weight excluding hydrogens is 288 g/mol. The van der Waals surface area contributed by atoms with Crippen LogP contribution >= 0.6 is 0 Å². The number of aromatic nitrogens is 1. The fourth-order valence-electron chi connectivity index (χ4n) is 2.15. The second kappa shape index (κ2) is 9.56. The molecule has 5 nitrogen and oxygen atoms in total. The van der Waals surface area contributed by atoms with Gasteiger partial charge in [0, 0.05) is 32.0 Å². The van der Waals surface area contributed by atoms with Gasteiger partial charge in [-0.2, -0.15) is 0 Å². The number of nitrogens with zero attached hydrogens (tertiary/aromatic N) is 2. The van der Waals surface area contributed by atoms with Gasteiger partial charge in [0.2, 0.25) is 0 Å². The van der Waals surface area contributed by atoms with E-state index in [0.717, 1.165) is 31.3 Å². The number of nitrogens with one attached hydrogen (secondary N) is 2. The van der Waals surface area contributed by atoms with Gasteiger partial charge in [-0.1, -0.05) is 18.2 Å². The van der Waals surface area contributed by atoms with Gasteiger partial charge in [-0.15, -0.1) is 0 Å². The van der Waals surface area contributed by atoms with Gasteiger partial charge in [-0.05, 0) is 38.1 Å². The van der Waals surface area contributed by atoms with Gasteiger partial charge >= 0.3 is 0 Å². The Morgan fingerprint density at radius 1 is 1.13 bits per heavy atom. The zero-order valence-electron chi connectivity index (χ0n) is 13.9. The van der Waals surface area contributed by atoms with Crippen LogP contribution in [0.25, 0.3) is 0 Å². The zero-order chi connectivity index (χ0) is 16.3. The van der Waals surface area contributed by atoms with E-state index in [1.165, 1.54) is 0 Å². The molecule has 2 aromatic rings. The fraction of sp³-hybridized carbons (Fsp3) is 0.389. The summed E-state index contributed by atoms with van der Waals surface area (Å²) in [5, 5.41) is 6.60. The minimum absolute atomic E-state index is 0.0253. The normalized spacial score (nSPS) is 12.7. The molecule has 1 heterocycles. The quantitative estimate of drug-likeness (QED) is 0.581. The Hall–Kier alpha value is -2.43. The molecule has 5 heteroatoms. The van der Waals surface area contributed by atoms with E-state index < -0.39 is 0 Å². The van der Waals surface area contributed by atoms with Crippen molar-refractivity contribution in [2.45, 2.75) is 26.5 Å². The van der Waals surface area contributed by atoms with Crippen LogP contribution < -0.4 is 15.4 Å². The highest BCUT2D eigenvalue weighted by molar-refractivity contribution is 5.79. The third-order valence-corrected chi connectivity index (χ3v) is 3.26. The summed E-state index contributed by atoms with van der Waals surface area (Å²) < 4.78 is 7.98. The number of hydrogen-bond acceptors (Lipinski definition) is 2. The van der Waals surface area contributed by atoms with E-state index in [9.17, 15) is 0 Å². The van der Waals surface area contributed by atoms with Crippen molar-refractivity contribution >= 4 is 5.96 Å². The molecule has 0 saturated carbocycles. The van der Waals surface area contributed by atoms with E-state index in [2.05, 4.69) is 39.5 Å². The van der Waals surface area contributed by atoms with Crippen LogP contribution in [0.2, 0.25) is 0 Å². The van der Waals surface area contributed by atoms with E-state index in [4.69, 9.17) is 4.74 Å². The maximum atomic E-state index is 5.84. The first-order valence-corrected chi connectivity index (χ1v) is 8.12. The van der Waals surface area contributed by atoms with Gasteiger partial charge in [-0.25, -0.2) is 4.99 Å². The predicted molar refractivity (Wildman–Crippen MR) is 94.9 cm³/mol. The molecule has 0 aliphatic carbocycles.